The fraction of sp³-hybridized carbons (Fsp3) is 0.423. The van der Waals surface area contributed by atoms with Crippen LogP contribution in [-0.2, 0) is 11.2 Å². The number of carbonyl (C=O) groups is 2. The summed E-state index contributed by atoms with van der Waals surface area (Å²) in [6.45, 7) is 3.89. The summed E-state index contributed by atoms with van der Waals surface area (Å²) in [5, 5.41) is 7.06. The van der Waals surface area contributed by atoms with Crippen molar-refractivity contribution in [2.75, 3.05) is 13.1 Å². The number of aryl methyl sites for hydroxylation is 2. The number of alkyl halides is 1. The highest BCUT2D eigenvalue weighted by Gasteiger charge is 2.34. The molecule has 3 N–H and O–H groups in total. The average molecular weight is 509 g/mol. The Balaban J connectivity index is 1.21. The third-order valence-corrected chi connectivity index (χ3v) is 6.59. The van der Waals surface area contributed by atoms with E-state index in [0.29, 0.717) is 23.6 Å². The number of nitrogens with zero attached hydrogens (tertiary/aromatic N) is 4. The van der Waals surface area contributed by atoms with Crippen LogP contribution < -0.4 is 15.2 Å². The summed E-state index contributed by atoms with van der Waals surface area (Å²) in [7, 11) is 0. The maximum atomic E-state index is 15.1. The molecule has 2 amide bonds. The maximum absolute atomic E-state index is 15.1. The van der Waals surface area contributed by atoms with Crippen LogP contribution in [0, 0.1) is 13.8 Å². The van der Waals surface area contributed by atoms with Crippen molar-refractivity contribution in [3.05, 3.63) is 53.2 Å². The van der Waals surface area contributed by atoms with E-state index in [1.807, 2.05) is 13.8 Å². The van der Waals surface area contributed by atoms with E-state index < -0.39 is 18.2 Å². The number of nitrogens with two attached hydrogens (primary N) is 1. The maximum Gasteiger partial charge on any atom is 0.254 e. The number of amides is 2. The van der Waals surface area contributed by atoms with Gasteiger partial charge in [0.05, 0.1) is 31.0 Å². The molecule has 2 atom stereocenters. The Labute approximate surface area is 213 Å². The molecular weight excluding hydrogens is 479 g/mol. The van der Waals surface area contributed by atoms with Crippen LogP contribution in [0.5, 0.6) is 11.6 Å². The van der Waals surface area contributed by atoms with Crippen molar-refractivity contribution in [2.24, 2.45) is 5.73 Å². The van der Waals surface area contributed by atoms with Crippen molar-refractivity contribution in [3.63, 3.8) is 0 Å². The molecule has 37 heavy (non-hydrogen) atoms. The van der Waals surface area contributed by atoms with Gasteiger partial charge in [-0.3, -0.25) is 19.7 Å². The molecule has 3 aromatic heterocycles. The number of ether oxygens (including phenoxy) is 2. The van der Waals surface area contributed by atoms with Crippen LogP contribution in [0.15, 0.2) is 30.6 Å². The monoisotopic (exact) mass is 508 g/mol. The van der Waals surface area contributed by atoms with E-state index in [-0.39, 0.29) is 42.8 Å². The minimum absolute atomic E-state index is 0.0276. The van der Waals surface area contributed by atoms with Gasteiger partial charge in [-0.15, -0.1) is 0 Å². The number of rotatable bonds is 8. The number of carbonyl (C=O) groups excluding carboxylic acids is 2. The lowest BCUT2D eigenvalue weighted by atomic mass is 10.0. The summed E-state index contributed by atoms with van der Waals surface area (Å²) in [5.74, 6) is -0.282. The van der Waals surface area contributed by atoms with Crippen LogP contribution in [-0.4, -0.2) is 68.3 Å². The summed E-state index contributed by atoms with van der Waals surface area (Å²) in [4.78, 5) is 35.0. The summed E-state index contributed by atoms with van der Waals surface area (Å²) < 4.78 is 26.6. The Morgan fingerprint density at radius 1 is 1.16 bits per heavy atom. The number of halogens is 1. The molecule has 4 heterocycles. The molecular formula is C26H29FN6O4. The van der Waals surface area contributed by atoms with Gasteiger partial charge in [0.15, 0.2) is 6.17 Å². The third kappa shape index (κ3) is 5.55. The van der Waals surface area contributed by atoms with Gasteiger partial charge in [0.1, 0.15) is 17.4 Å². The number of H-pyrrole nitrogens is 1. The van der Waals surface area contributed by atoms with E-state index in [4.69, 9.17) is 15.2 Å². The van der Waals surface area contributed by atoms with Gasteiger partial charge in [0.2, 0.25) is 11.8 Å². The van der Waals surface area contributed by atoms with Crippen molar-refractivity contribution >= 4 is 11.8 Å². The number of pyridine rings is 2. The minimum atomic E-state index is -1.46. The van der Waals surface area contributed by atoms with E-state index in [1.54, 1.807) is 30.6 Å². The molecule has 2 unspecified atom stereocenters. The summed E-state index contributed by atoms with van der Waals surface area (Å²) in [5.41, 5.74) is 9.28. The van der Waals surface area contributed by atoms with E-state index in [2.05, 4.69) is 20.2 Å². The van der Waals surface area contributed by atoms with Gasteiger partial charge in [-0.2, -0.15) is 5.10 Å². The highest BCUT2D eigenvalue weighted by molar-refractivity contribution is 5.96. The van der Waals surface area contributed by atoms with E-state index in [9.17, 15) is 9.59 Å². The first-order chi connectivity index (χ1) is 17.8. The van der Waals surface area contributed by atoms with Crippen LogP contribution in [0.25, 0.3) is 11.1 Å². The van der Waals surface area contributed by atoms with Crippen LogP contribution in [0.1, 0.15) is 46.7 Å². The van der Waals surface area contributed by atoms with Crippen LogP contribution in [0.4, 0.5) is 4.39 Å². The Bertz CT molecular complexity index is 1290. The molecule has 1 saturated heterocycles. The number of likely N-dealkylation sites (tertiary alicyclic amines) is 1. The smallest absolute Gasteiger partial charge is 0.254 e. The van der Waals surface area contributed by atoms with Gasteiger partial charge in [-0.05, 0) is 44.9 Å². The molecule has 0 spiro atoms. The second kappa shape index (κ2) is 10.2. The molecule has 194 valence electrons. The predicted molar refractivity (Wildman–Crippen MR) is 132 cm³/mol. The summed E-state index contributed by atoms with van der Waals surface area (Å²) in [6.07, 6.45) is 3.54. The number of hydrogen-bond donors (Lipinski definition) is 2. The number of primary amides is 1. The molecule has 2 aliphatic rings. The molecule has 11 heteroatoms. The topological polar surface area (TPSA) is 136 Å². The van der Waals surface area contributed by atoms with Gasteiger partial charge >= 0.3 is 0 Å². The zero-order valence-corrected chi connectivity index (χ0v) is 20.7. The van der Waals surface area contributed by atoms with Crippen molar-refractivity contribution in [2.45, 2.75) is 57.9 Å². The van der Waals surface area contributed by atoms with Crippen LogP contribution in [0.2, 0.25) is 0 Å². The van der Waals surface area contributed by atoms with Gasteiger partial charge in [-0.1, -0.05) is 0 Å². The molecule has 5 rings (SSSR count). The normalized spacial score (nSPS) is 19.5. The largest absolute Gasteiger partial charge is 0.489 e. The lowest BCUT2D eigenvalue weighted by Gasteiger charge is -2.34. The molecule has 0 radical (unpaired) electrons. The zero-order chi connectivity index (χ0) is 26.1. The summed E-state index contributed by atoms with van der Waals surface area (Å²) >= 11 is 0. The molecule has 10 nitrogen and oxygen atoms in total. The lowest BCUT2D eigenvalue weighted by Crippen LogP contribution is -2.49. The van der Waals surface area contributed by atoms with Crippen molar-refractivity contribution < 1.29 is 23.5 Å². The SMILES string of the molecule is Cc1n[nH]c(C)c1-c1cnc(OC2CCN(C(=O)Cc3ccc(OC4CC4)cn3)CC2F)c(C(N)=O)c1. The summed E-state index contributed by atoms with van der Waals surface area (Å²) in [6, 6.07) is 5.14. The zero-order valence-electron chi connectivity index (χ0n) is 20.7. The fourth-order valence-corrected chi connectivity index (χ4v) is 4.45. The van der Waals surface area contributed by atoms with Gasteiger partial charge < -0.3 is 20.1 Å². The van der Waals surface area contributed by atoms with Crippen molar-refractivity contribution in [3.8, 4) is 22.8 Å². The predicted octanol–water partition coefficient (Wildman–Crippen LogP) is 2.68. The first-order valence-corrected chi connectivity index (χ1v) is 12.3. The van der Waals surface area contributed by atoms with Crippen LogP contribution >= 0.6 is 0 Å². The quantitative estimate of drug-likeness (QED) is 0.477. The Kier molecular flexibility index (Phi) is 6.77. The van der Waals surface area contributed by atoms with Crippen molar-refractivity contribution in [1.29, 1.82) is 0 Å². The second-order valence-electron chi connectivity index (χ2n) is 9.53. The standard InChI is InChI=1S/C26H29FN6O4/c1-14-24(15(2)32-31-14)16-9-20(25(28)35)26(30-11-16)37-22-7-8-33(13-21(22)27)23(34)10-17-3-4-19(12-29-17)36-18-5-6-18/h3-4,9,11-12,18,21-22H,5-8,10,13H2,1-2H3,(H2,28,35)(H,31,32). The number of aromatic nitrogens is 4. The molecule has 0 bridgehead atoms. The van der Waals surface area contributed by atoms with Gasteiger partial charge in [0.25, 0.3) is 5.91 Å². The average Bonchev–Trinajstić information content (AvgIpc) is 3.63. The van der Waals surface area contributed by atoms with Gasteiger partial charge in [0, 0.05) is 41.7 Å². The number of piperidine rings is 1. The molecule has 1 aliphatic carbocycles. The van der Waals surface area contributed by atoms with E-state index in [1.165, 1.54) is 4.90 Å². The molecule has 1 saturated carbocycles. The number of hydrogen-bond acceptors (Lipinski definition) is 7. The first-order valence-electron chi connectivity index (χ1n) is 12.3. The highest BCUT2D eigenvalue weighted by atomic mass is 19.1. The Hall–Kier alpha value is -4.02. The molecule has 0 aromatic carbocycles. The Morgan fingerprint density at radius 3 is 2.59 bits per heavy atom. The lowest BCUT2D eigenvalue weighted by molar-refractivity contribution is -0.134. The number of nitrogens with one attached hydrogen (secondary N) is 1. The fourth-order valence-electron chi connectivity index (χ4n) is 4.45. The second-order valence-corrected chi connectivity index (χ2v) is 9.53. The van der Waals surface area contributed by atoms with Crippen LogP contribution in [0.3, 0.4) is 0 Å². The molecule has 2 fully saturated rings. The van der Waals surface area contributed by atoms with Gasteiger partial charge in [-0.25, -0.2) is 9.37 Å². The minimum Gasteiger partial charge on any atom is -0.489 e. The van der Waals surface area contributed by atoms with E-state index in [0.717, 1.165) is 29.8 Å². The third-order valence-electron chi connectivity index (χ3n) is 6.59. The van der Waals surface area contributed by atoms with Crippen molar-refractivity contribution in [1.82, 2.24) is 25.1 Å². The van der Waals surface area contributed by atoms with E-state index >= 15 is 4.39 Å². The Morgan fingerprint density at radius 2 is 1.97 bits per heavy atom. The number of aromatic amines is 1. The molecule has 3 aromatic rings. The highest BCUT2D eigenvalue weighted by Crippen LogP contribution is 2.30. The first kappa shape index (κ1) is 24.7. The molecule has 1 aliphatic heterocycles.